The molecule has 17 heavy (non-hydrogen) atoms. The molecule has 0 aromatic heterocycles. The summed E-state index contributed by atoms with van der Waals surface area (Å²) in [6.45, 7) is 4.28. The molecular formula is C15H16OS. The zero-order valence-corrected chi connectivity index (χ0v) is 11.2. The molecule has 0 saturated heterocycles. The lowest BCUT2D eigenvalue weighted by Gasteiger charge is -2.06. The van der Waals surface area contributed by atoms with Crippen molar-refractivity contribution < 1.29 is 4.74 Å². The maximum atomic E-state index is 5.14. The molecule has 0 amide bonds. The van der Waals surface area contributed by atoms with Crippen LogP contribution in [0.4, 0.5) is 0 Å². The molecule has 0 heterocycles. The number of hydrogen-bond donors (Lipinski definition) is 0. The highest BCUT2D eigenvalue weighted by Gasteiger charge is 2.00. The van der Waals surface area contributed by atoms with Crippen LogP contribution in [0.1, 0.15) is 11.1 Å². The Hall–Kier alpha value is -1.41. The highest BCUT2D eigenvalue weighted by molar-refractivity contribution is 7.99. The maximum absolute atomic E-state index is 5.14. The summed E-state index contributed by atoms with van der Waals surface area (Å²) in [6.07, 6.45) is 0. The molecular weight excluding hydrogens is 228 g/mol. The van der Waals surface area contributed by atoms with Gasteiger partial charge >= 0.3 is 0 Å². The standard InChI is InChI=1S/C15H16OS/c1-11-4-7-15(10-12(11)2)17-14-8-5-13(16-3)6-9-14/h4-10H,1-3H3. The highest BCUT2D eigenvalue weighted by atomic mass is 32.2. The fourth-order valence-corrected chi connectivity index (χ4v) is 2.47. The SMILES string of the molecule is COc1ccc(Sc2ccc(C)c(C)c2)cc1. The molecule has 0 aliphatic heterocycles. The van der Waals surface area contributed by atoms with Gasteiger partial charge in [0.25, 0.3) is 0 Å². The second-order valence-electron chi connectivity index (χ2n) is 4.02. The van der Waals surface area contributed by atoms with Gasteiger partial charge < -0.3 is 4.74 Å². The van der Waals surface area contributed by atoms with E-state index in [1.165, 1.54) is 20.9 Å². The van der Waals surface area contributed by atoms with Crippen LogP contribution in [-0.2, 0) is 0 Å². The summed E-state index contributed by atoms with van der Waals surface area (Å²) in [5.41, 5.74) is 2.67. The van der Waals surface area contributed by atoms with E-state index >= 15 is 0 Å². The topological polar surface area (TPSA) is 9.23 Å². The smallest absolute Gasteiger partial charge is 0.118 e. The maximum Gasteiger partial charge on any atom is 0.118 e. The summed E-state index contributed by atoms with van der Waals surface area (Å²) in [5, 5.41) is 0. The Balaban J connectivity index is 2.16. The van der Waals surface area contributed by atoms with Crippen molar-refractivity contribution in [3.63, 3.8) is 0 Å². The Kier molecular flexibility index (Phi) is 3.75. The van der Waals surface area contributed by atoms with Gasteiger partial charge in [-0.1, -0.05) is 17.8 Å². The van der Waals surface area contributed by atoms with Crippen LogP contribution in [0.15, 0.2) is 52.3 Å². The molecule has 0 N–H and O–H groups in total. The fourth-order valence-electron chi connectivity index (χ4n) is 1.56. The van der Waals surface area contributed by atoms with Crippen LogP contribution in [0.2, 0.25) is 0 Å². The van der Waals surface area contributed by atoms with Crippen LogP contribution < -0.4 is 4.74 Å². The fraction of sp³-hybridized carbons (Fsp3) is 0.200. The Labute approximate surface area is 107 Å². The van der Waals surface area contributed by atoms with Gasteiger partial charge in [0, 0.05) is 9.79 Å². The molecule has 1 nitrogen and oxygen atoms in total. The molecule has 0 saturated carbocycles. The van der Waals surface area contributed by atoms with Gasteiger partial charge in [-0.15, -0.1) is 0 Å². The largest absolute Gasteiger partial charge is 0.497 e. The average molecular weight is 244 g/mol. The Morgan fingerprint density at radius 1 is 0.824 bits per heavy atom. The minimum atomic E-state index is 0.898. The number of benzene rings is 2. The van der Waals surface area contributed by atoms with Crippen molar-refractivity contribution in [2.75, 3.05) is 7.11 Å². The molecule has 2 aromatic carbocycles. The summed E-state index contributed by atoms with van der Waals surface area (Å²) in [6, 6.07) is 14.7. The second-order valence-corrected chi connectivity index (χ2v) is 5.17. The first-order chi connectivity index (χ1) is 8.19. The Morgan fingerprint density at radius 3 is 2.06 bits per heavy atom. The van der Waals surface area contributed by atoms with Crippen molar-refractivity contribution in [1.82, 2.24) is 0 Å². The van der Waals surface area contributed by atoms with Crippen molar-refractivity contribution >= 4 is 11.8 Å². The lowest BCUT2D eigenvalue weighted by atomic mass is 10.1. The van der Waals surface area contributed by atoms with Gasteiger partial charge in [0.2, 0.25) is 0 Å². The Bertz CT molecular complexity index is 503. The Morgan fingerprint density at radius 2 is 1.47 bits per heavy atom. The van der Waals surface area contributed by atoms with Gasteiger partial charge in [0.1, 0.15) is 5.75 Å². The van der Waals surface area contributed by atoms with E-state index in [1.54, 1.807) is 18.9 Å². The van der Waals surface area contributed by atoms with E-state index < -0.39 is 0 Å². The van der Waals surface area contributed by atoms with Crippen LogP contribution in [0.5, 0.6) is 5.75 Å². The molecule has 0 aliphatic rings. The molecule has 0 radical (unpaired) electrons. The van der Waals surface area contributed by atoms with Crippen LogP contribution in [-0.4, -0.2) is 7.11 Å². The third-order valence-corrected chi connectivity index (χ3v) is 3.77. The summed E-state index contributed by atoms with van der Waals surface area (Å²) >= 11 is 1.77. The summed E-state index contributed by atoms with van der Waals surface area (Å²) < 4.78 is 5.14. The van der Waals surface area contributed by atoms with Crippen molar-refractivity contribution in [2.45, 2.75) is 23.6 Å². The molecule has 2 rings (SSSR count). The van der Waals surface area contributed by atoms with Crippen molar-refractivity contribution in [2.24, 2.45) is 0 Å². The normalized spacial score (nSPS) is 10.3. The summed E-state index contributed by atoms with van der Waals surface area (Å²) in [5.74, 6) is 0.898. The lowest BCUT2D eigenvalue weighted by molar-refractivity contribution is 0.414. The first-order valence-corrected chi connectivity index (χ1v) is 6.40. The van der Waals surface area contributed by atoms with E-state index in [4.69, 9.17) is 4.74 Å². The van der Waals surface area contributed by atoms with Crippen LogP contribution in [0.25, 0.3) is 0 Å². The second kappa shape index (κ2) is 5.28. The third kappa shape index (κ3) is 3.04. The van der Waals surface area contributed by atoms with Gasteiger partial charge in [-0.05, 0) is 61.4 Å². The lowest BCUT2D eigenvalue weighted by Crippen LogP contribution is -1.83. The van der Waals surface area contributed by atoms with Gasteiger partial charge in [0.15, 0.2) is 0 Å². The van der Waals surface area contributed by atoms with Crippen molar-refractivity contribution in [3.05, 3.63) is 53.6 Å². The van der Waals surface area contributed by atoms with Gasteiger partial charge in [0.05, 0.1) is 7.11 Å². The van der Waals surface area contributed by atoms with Gasteiger partial charge in [-0.2, -0.15) is 0 Å². The molecule has 0 spiro atoms. The van der Waals surface area contributed by atoms with E-state index in [-0.39, 0.29) is 0 Å². The average Bonchev–Trinajstić information content (AvgIpc) is 2.35. The minimum absolute atomic E-state index is 0.898. The molecule has 0 aliphatic carbocycles. The summed E-state index contributed by atoms with van der Waals surface area (Å²) in [7, 11) is 1.69. The number of rotatable bonds is 3. The molecule has 88 valence electrons. The van der Waals surface area contributed by atoms with Gasteiger partial charge in [-0.3, -0.25) is 0 Å². The van der Waals surface area contributed by atoms with Crippen molar-refractivity contribution in [1.29, 1.82) is 0 Å². The van der Waals surface area contributed by atoms with E-state index in [0.717, 1.165) is 5.75 Å². The number of hydrogen-bond acceptors (Lipinski definition) is 2. The van der Waals surface area contributed by atoms with E-state index in [9.17, 15) is 0 Å². The first-order valence-electron chi connectivity index (χ1n) is 5.58. The zero-order chi connectivity index (χ0) is 12.3. The first kappa shape index (κ1) is 12.1. The molecule has 2 aromatic rings. The van der Waals surface area contributed by atoms with E-state index in [2.05, 4.69) is 44.2 Å². The van der Waals surface area contributed by atoms with Crippen molar-refractivity contribution in [3.8, 4) is 5.75 Å². The minimum Gasteiger partial charge on any atom is -0.497 e. The van der Waals surface area contributed by atoms with Crippen LogP contribution in [0, 0.1) is 13.8 Å². The predicted octanol–water partition coefficient (Wildman–Crippen LogP) is 4.46. The monoisotopic (exact) mass is 244 g/mol. The molecule has 0 bridgehead atoms. The number of methoxy groups -OCH3 is 1. The zero-order valence-electron chi connectivity index (χ0n) is 10.4. The number of aryl methyl sites for hydroxylation is 2. The van der Waals surface area contributed by atoms with E-state index in [1.807, 2.05) is 12.1 Å². The molecule has 0 unspecified atom stereocenters. The van der Waals surface area contributed by atoms with Crippen LogP contribution in [0.3, 0.4) is 0 Å². The molecule has 0 atom stereocenters. The third-order valence-electron chi connectivity index (χ3n) is 2.77. The molecule has 2 heteroatoms. The van der Waals surface area contributed by atoms with Crippen LogP contribution >= 0.6 is 11.8 Å². The highest BCUT2D eigenvalue weighted by Crippen LogP contribution is 2.30. The molecule has 0 fully saturated rings. The number of ether oxygens (including phenoxy) is 1. The predicted molar refractivity (Wildman–Crippen MR) is 73.0 cm³/mol. The quantitative estimate of drug-likeness (QED) is 0.788. The van der Waals surface area contributed by atoms with Gasteiger partial charge in [-0.25, -0.2) is 0 Å². The summed E-state index contributed by atoms with van der Waals surface area (Å²) in [4.78, 5) is 2.51. The van der Waals surface area contributed by atoms with E-state index in [0.29, 0.717) is 0 Å².